The van der Waals surface area contributed by atoms with Gasteiger partial charge in [0, 0.05) is 6.42 Å². The lowest BCUT2D eigenvalue weighted by Crippen LogP contribution is -1.98. The van der Waals surface area contributed by atoms with Gasteiger partial charge in [-0.2, -0.15) is 0 Å². The van der Waals surface area contributed by atoms with Gasteiger partial charge in [-0.1, -0.05) is 12.7 Å². The molecule has 0 spiro atoms. The van der Waals surface area contributed by atoms with Crippen molar-refractivity contribution in [1.82, 2.24) is 0 Å². The van der Waals surface area contributed by atoms with E-state index in [2.05, 4.69) is 4.74 Å². The predicted molar refractivity (Wildman–Crippen MR) is 36.4 cm³/mol. The fourth-order valence-corrected chi connectivity index (χ4v) is 0.516. The minimum atomic E-state index is -0.150. The van der Waals surface area contributed by atoms with E-state index >= 15 is 0 Å². The molecule has 2 radical (unpaired) electrons. The summed E-state index contributed by atoms with van der Waals surface area (Å²) < 4.78 is 4.42. The molecule has 2 nitrogen and oxygen atoms in total. The summed E-state index contributed by atoms with van der Waals surface area (Å²) in [4.78, 5) is 10.4. The number of carbonyl (C=O) groups is 1. The summed E-state index contributed by atoms with van der Waals surface area (Å²) in [7, 11) is 6.60. The number of hydrogen-bond acceptors (Lipinski definition) is 2. The average molecular weight is 126 g/mol. The maximum Gasteiger partial charge on any atom is 0.305 e. The van der Waals surface area contributed by atoms with Crippen molar-refractivity contribution in [2.45, 2.75) is 25.6 Å². The average Bonchev–Trinajstić information content (AvgIpc) is 1.89. The maximum absolute atomic E-state index is 10.4. The van der Waals surface area contributed by atoms with E-state index in [0.717, 1.165) is 12.8 Å². The lowest BCUT2D eigenvalue weighted by molar-refractivity contribution is -0.140. The number of carbonyl (C=O) groups excluding carboxylic acids is 1. The summed E-state index contributed by atoms with van der Waals surface area (Å²) in [5.41, 5.74) is 0. The molecule has 0 unspecified atom stereocenters. The van der Waals surface area contributed by atoms with Crippen molar-refractivity contribution in [3.8, 4) is 0 Å². The van der Waals surface area contributed by atoms with Gasteiger partial charge < -0.3 is 4.74 Å². The summed E-state index contributed by atoms with van der Waals surface area (Å²) in [5, 5.41) is 0. The monoisotopic (exact) mass is 126 g/mol. The van der Waals surface area contributed by atoms with Gasteiger partial charge in [0.05, 0.1) is 15.0 Å². The molecule has 0 amide bonds. The smallest absolute Gasteiger partial charge is 0.305 e. The van der Waals surface area contributed by atoms with Crippen LogP contribution in [0.5, 0.6) is 0 Å². The van der Waals surface area contributed by atoms with E-state index in [-0.39, 0.29) is 5.97 Å². The van der Waals surface area contributed by atoms with E-state index in [1.165, 1.54) is 7.11 Å². The molecule has 0 rings (SSSR count). The van der Waals surface area contributed by atoms with Crippen LogP contribution >= 0.6 is 0 Å². The van der Waals surface area contributed by atoms with Crippen LogP contribution < -0.4 is 0 Å². The zero-order chi connectivity index (χ0) is 7.11. The van der Waals surface area contributed by atoms with Crippen LogP contribution in [-0.2, 0) is 9.53 Å². The lowest BCUT2D eigenvalue weighted by atomic mass is 10.00. The van der Waals surface area contributed by atoms with Crippen LogP contribution in [0, 0.1) is 0 Å². The maximum atomic E-state index is 10.4. The lowest BCUT2D eigenvalue weighted by Gasteiger charge is -1.95. The fraction of sp³-hybridized carbons (Fsp3) is 0.833. The zero-order valence-electron chi connectivity index (χ0n) is 5.72. The van der Waals surface area contributed by atoms with Crippen molar-refractivity contribution in [3.05, 3.63) is 0 Å². The summed E-state index contributed by atoms with van der Waals surface area (Å²) in [5.74, 6) is -0.150. The first-order chi connectivity index (χ1) is 4.31. The molecule has 0 aromatic carbocycles. The Labute approximate surface area is 57.0 Å². The second-order valence-corrected chi connectivity index (χ2v) is 1.82. The van der Waals surface area contributed by atoms with Gasteiger partial charge in [0.2, 0.25) is 0 Å². The second kappa shape index (κ2) is 5.67. The van der Waals surface area contributed by atoms with Crippen LogP contribution in [0.2, 0.25) is 6.32 Å². The van der Waals surface area contributed by atoms with Crippen molar-refractivity contribution in [1.29, 1.82) is 0 Å². The molecule has 3 heteroatoms. The van der Waals surface area contributed by atoms with Crippen LogP contribution in [0.15, 0.2) is 0 Å². The van der Waals surface area contributed by atoms with E-state index in [1.54, 1.807) is 0 Å². The largest absolute Gasteiger partial charge is 0.469 e. The number of methoxy groups -OCH3 is 1. The van der Waals surface area contributed by atoms with E-state index in [4.69, 9.17) is 7.85 Å². The molecule has 0 aromatic heterocycles. The molecule has 0 aliphatic heterocycles. The van der Waals surface area contributed by atoms with Crippen LogP contribution in [-0.4, -0.2) is 20.9 Å². The molecule has 9 heavy (non-hydrogen) atoms. The Balaban J connectivity index is 2.97. The number of esters is 1. The van der Waals surface area contributed by atoms with Crippen LogP contribution in [0.3, 0.4) is 0 Å². The highest BCUT2D eigenvalue weighted by Crippen LogP contribution is 1.98. The molecule has 0 atom stereocenters. The first-order valence-corrected chi connectivity index (χ1v) is 3.08. The standard InChI is InChI=1S/C6H11BO2/c1-9-6(8)4-2-3-5-7/h2-5H2,1H3. The molecular formula is C6H11BO2. The van der Waals surface area contributed by atoms with Crippen LogP contribution in [0.25, 0.3) is 0 Å². The van der Waals surface area contributed by atoms with Gasteiger partial charge in [0.15, 0.2) is 0 Å². The van der Waals surface area contributed by atoms with Crippen molar-refractivity contribution >= 4 is 13.8 Å². The highest BCUT2D eigenvalue weighted by molar-refractivity contribution is 6.08. The van der Waals surface area contributed by atoms with E-state index < -0.39 is 0 Å². The molecule has 0 N–H and O–H groups in total. The summed E-state index contributed by atoms with van der Waals surface area (Å²) in [6.45, 7) is 0. The molecular weight excluding hydrogens is 115 g/mol. The van der Waals surface area contributed by atoms with Crippen molar-refractivity contribution in [2.24, 2.45) is 0 Å². The third-order valence-electron chi connectivity index (χ3n) is 1.06. The quantitative estimate of drug-likeness (QED) is 0.318. The minimum absolute atomic E-state index is 0.150. The first-order valence-electron chi connectivity index (χ1n) is 3.08. The van der Waals surface area contributed by atoms with E-state index in [9.17, 15) is 4.79 Å². The van der Waals surface area contributed by atoms with Gasteiger partial charge in [-0.25, -0.2) is 0 Å². The SMILES string of the molecule is [B]CCCCC(=O)OC. The number of ether oxygens (including phenoxy) is 1. The molecule has 0 aromatic rings. The molecule has 0 aliphatic rings. The van der Waals surface area contributed by atoms with Gasteiger partial charge >= 0.3 is 5.97 Å². The molecule has 50 valence electrons. The Kier molecular flexibility index (Phi) is 5.37. The summed E-state index contributed by atoms with van der Waals surface area (Å²) in [6, 6.07) is 0. The van der Waals surface area contributed by atoms with Crippen molar-refractivity contribution < 1.29 is 9.53 Å². The molecule has 0 saturated carbocycles. The van der Waals surface area contributed by atoms with Gasteiger partial charge in [0.25, 0.3) is 0 Å². The van der Waals surface area contributed by atoms with E-state index in [0.29, 0.717) is 12.7 Å². The Morgan fingerprint density at radius 1 is 1.56 bits per heavy atom. The van der Waals surface area contributed by atoms with E-state index in [1.807, 2.05) is 0 Å². The molecule has 0 bridgehead atoms. The topological polar surface area (TPSA) is 26.3 Å². The third-order valence-corrected chi connectivity index (χ3v) is 1.06. The van der Waals surface area contributed by atoms with Gasteiger partial charge in [-0.05, 0) is 6.42 Å². The second-order valence-electron chi connectivity index (χ2n) is 1.82. The Bertz CT molecular complexity index is 83.1. The van der Waals surface area contributed by atoms with Crippen molar-refractivity contribution in [2.75, 3.05) is 7.11 Å². The molecule has 0 saturated heterocycles. The highest BCUT2D eigenvalue weighted by Gasteiger charge is 1.96. The predicted octanol–water partition coefficient (Wildman–Crippen LogP) is 0.916. The Hall–Kier alpha value is -0.465. The molecule has 0 heterocycles. The van der Waals surface area contributed by atoms with Crippen molar-refractivity contribution in [3.63, 3.8) is 0 Å². The number of rotatable bonds is 4. The zero-order valence-corrected chi connectivity index (χ0v) is 5.72. The third kappa shape index (κ3) is 5.41. The fourth-order valence-electron chi connectivity index (χ4n) is 0.516. The normalized spacial score (nSPS) is 9.00. The van der Waals surface area contributed by atoms with Gasteiger partial charge in [-0.3, -0.25) is 4.79 Å². The number of unbranched alkanes of at least 4 members (excludes halogenated alkanes) is 1. The first kappa shape index (κ1) is 8.53. The Morgan fingerprint density at radius 2 is 2.22 bits per heavy atom. The van der Waals surface area contributed by atoms with Crippen LogP contribution in [0.4, 0.5) is 0 Å². The molecule has 0 aliphatic carbocycles. The molecule has 0 fully saturated rings. The number of hydrogen-bond donors (Lipinski definition) is 0. The summed E-state index contributed by atoms with van der Waals surface area (Å²) >= 11 is 0. The van der Waals surface area contributed by atoms with Gasteiger partial charge in [0.1, 0.15) is 0 Å². The minimum Gasteiger partial charge on any atom is -0.469 e. The summed E-state index contributed by atoms with van der Waals surface area (Å²) in [6.07, 6.45) is 2.88. The van der Waals surface area contributed by atoms with Gasteiger partial charge in [-0.15, -0.1) is 0 Å². The Morgan fingerprint density at radius 3 is 2.67 bits per heavy atom. The highest BCUT2D eigenvalue weighted by atomic mass is 16.5. The van der Waals surface area contributed by atoms with Crippen LogP contribution in [0.1, 0.15) is 19.3 Å².